The lowest BCUT2D eigenvalue weighted by Gasteiger charge is -2.17. The van der Waals surface area contributed by atoms with Crippen LogP contribution in [0.15, 0.2) is 0 Å². The van der Waals surface area contributed by atoms with Gasteiger partial charge in [0.05, 0.1) is 6.10 Å². The summed E-state index contributed by atoms with van der Waals surface area (Å²) in [6.07, 6.45) is 2.44. The molecule has 0 saturated heterocycles. The average molecular weight is 154 g/mol. The summed E-state index contributed by atoms with van der Waals surface area (Å²) in [4.78, 5) is 0. The molecular formula is C10H18O. The highest BCUT2D eigenvalue weighted by Crippen LogP contribution is 2.69. The van der Waals surface area contributed by atoms with Gasteiger partial charge in [0, 0.05) is 0 Å². The maximum absolute atomic E-state index is 9.61. The molecule has 1 N–H and O–H groups in total. The van der Waals surface area contributed by atoms with Crippen molar-refractivity contribution in [3.63, 3.8) is 0 Å². The van der Waals surface area contributed by atoms with Crippen LogP contribution in [0.4, 0.5) is 0 Å². The Morgan fingerprint density at radius 3 is 2.27 bits per heavy atom. The van der Waals surface area contributed by atoms with Crippen molar-refractivity contribution in [2.24, 2.45) is 23.2 Å². The van der Waals surface area contributed by atoms with Gasteiger partial charge in [0.25, 0.3) is 0 Å². The molecule has 2 rings (SSSR count). The van der Waals surface area contributed by atoms with E-state index >= 15 is 0 Å². The standard InChI is InChI=1S/C10H18O/c1-6(2)10-4-8(10)7(3)9(11)5-10/h6-9,11H,4-5H2,1-3H3/t7-,8?,9+,10-/m0/s1. The fraction of sp³-hybridized carbons (Fsp3) is 1.00. The number of hydrogen-bond donors (Lipinski definition) is 1. The molecule has 2 saturated carbocycles. The predicted molar refractivity (Wildman–Crippen MR) is 45.2 cm³/mol. The summed E-state index contributed by atoms with van der Waals surface area (Å²) in [5.41, 5.74) is 0.554. The second-order valence-corrected chi connectivity index (χ2v) is 4.83. The number of rotatable bonds is 1. The molecule has 0 radical (unpaired) electrons. The van der Waals surface area contributed by atoms with E-state index in [1.54, 1.807) is 0 Å². The molecule has 1 unspecified atom stereocenters. The molecule has 0 aromatic carbocycles. The van der Waals surface area contributed by atoms with Crippen LogP contribution in [0.1, 0.15) is 33.6 Å². The first-order chi connectivity index (χ1) is 5.08. The van der Waals surface area contributed by atoms with Gasteiger partial charge in [-0.05, 0) is 36.0 Å². The van der Waals surface area contributed by atoms with E-state index in [0.29, 0.717) is 11.3 Å². The van der Waals surface area contributed by atoms with Crippen LogP contribution in [-0.2, 0) is 0 Å². The molecule has 0 spiro atoms. The highest BCUT2D eigenvalue weighted by atomic mass is 16.3. The van der Waals surface area contributed by atoms with Crippen molar-refractivity contribution < 1.29 is 5.11 Å². The minimum atomic E-state index is -0.00356. The van der Waals surface area contributed by atoms with E-state index in [1.165, 1.54) is 6.42 Å². The lowest BCUT2D eigenvalue weighted by molar-refractivity contribution is 0.113. The van der Waals surface area contributed by atoms with Crippen molar-refractivity contribution in [1.82, 2.24) is 0 Å². The quantitative estimate of drug-likeness (QED) is 0.613. The van der Waals surface area contributed by atoms with Gasteiger partial charge in [-0.2, -0.15) is 0 Å². The molecule has 0 aliphatic heterocycles. The fourth-order valence-electron chi connectivity index (χ4n) is 3.04. The Morgan fingerprint density at radius 2 is 2.00 bits per heavy atom. The van der Waals surface area contributed by atoms with Crippen LogP contribution >= 0.6 is 0 Å². The molecule has 2 aliphatic rings. The lowest BCUT2D eigenvalue weighted by Crippen LogP contribution is -2.15. The fourth-order valence-corrected chi connectivity index (χ4v) is 3.04. The zero-order valence-electron chi connectivity index (χ0n) is 7.67. The Morgan fingerprint density at radius 1 is 1.36 bits per heavy atom. The van der Waals surface area contributed by atoms with Gasteiger partial charge in [-0.1, -0.05) is 20.8 Å². The molecule has 0 aromatic heterocycles. The van der Waals surface area contributed by atoms with Gasteiger partial charge >= 0.3 is 0 Å². The minimum absolute atomic E-state index is 0.00356. The molecule has 0 amide bonds. The number of aliphatic hydroxyl groups is 1. The Hall–Kier alpha value is -0.0400. The highest BCUT2D eigenvalue weighted by Gasteiger charge is 2.64. The third-order valence-electron chi connectivity index (χ3n) is 4.16. The Balaban J connectivity index is 2.13. The van der Waals surface area contributed by atoms with E-state index in [0.717, 1.165) is 18.3 Å². The maximum Gasteiger partial charge on any atom is 0.0574 e. The molecule has 4 atom stereocenters. The van der Waals surface area contributed by atoms with Gasteiger partial charge < -0.3 is 5.11 Å². The monoisotopic (exact) mass is 154 g/mol. The molecule has 2 fully saturated rings. The van der Waals surface area contributed by atoms with Crippen LogP contribution in [0.3, 0.4) is 0 Å². The Labute approximate surface area is 68.8 Å². The number of aliphatic hydroxyl groups excluding tert-OH is 1. The summed E-state index contributed by atoms with van der Waals surface area (Å²) in [5.74, 6) is 2.18. The number of hydrogen-bond acceptors (Lipinski definition) is 1. The summed E-state index contributed by atoms with van der Waals surface area (Å²) in [6.45, 7) is 6.79. The van der Waals surface area contributed by atoms with E-state index in [2.05, 4.69) is 20.8 Å². The van der Waals surface area contributed by atoms with Gasteiger partial charge in [0.2, 0.25) is 0 Å². The smallest absolute Gasteiger partial charge is 0.0574 e. The van der Waals surface area contributed by atoms with E-state index < -0.39 is 0 Å². The van der Waals surface area contributed by atoms with Gasteiger partial charge in [-0.3, -0.25) is 0 Å². The molecule has 2 aliphatic carbocycles. The first-order valence-electron chi connectivity index (χ1n) is 4.76. The summed E-state index contributed by atoms with van der Waals surface area (Å²) in [6, 6.07) is 0. The molecule has 64 valence electrons. The normalized spacial score (nSPS) is 54.8. The van der Waals surface area contributed by atoms with Crippen molar-refractivity contribution in [3.8, 4) is 0 Å². The van der Waals surface area contributed by atoms with E-state index in [4.69, 9.17) is 0 Å². The molecule has 0 aromatic rings. The second kappa shape index (κ2) is 2.01. The van der Waals surface area contributed by atoms with Crippen LogP contribution in [0, 0.1) is 23.2 Å². The van der Waals surface area contributed by atoms with Crippen LogP contribution < -0.4 is 0 Å². The van der Waals surface area contributed by atoms with Gasteiger partial charge in [0.1, 0.15) is 0 Å². The van der Waals surface area contributed by atoms with Gasteiger partial charge in [0.15, 0.2) is 0 Å². The van der Waals surface area contributed by atoms with Crippen LogP contribution in [0.5, 0.6) is 0 Å². The second-order valence-electron chi connectivity index (χ2n) is 4.83. The van der Waals surface area contributed by atoms with E-state index in [-0.39, 0.29) is 6.10 Å². The molecule has 1 nitrogen and oxygen atoms in total. The third kappa shape index (κ3) is 0.807. The van der Waals surface area contributed by atoms with Crippen molar-refractivity contribution in [3.05, 3.63) is 0 Å². The zero-order chi connectivity index (χ0) is 8.22. The Kier molecular flexibility index (Phi) is 1.39. The first kappa shape index (κ1) is 7.60. The summed E-state index contributed by atoms with van der Waals surface area (Å²) >= 11 is 0. The Bertz CT molecular complexity index is 176. The SMILES string of the molecule is CC(C)[C@@]12CC1[C@H](C)[C@H](O)C2. The van der Waals surface area contributed by atoms with Crippen LogP contribution in [0.25, 0.3) is 0 Å². The van der Waals surface area contributed by atoms with E-state index in [1.807, 2.05) is 0 Å². The molecule has 0 bridgehead atoms. The van der Waals surface area contributed by atoms with Crippen molar-refractivity contribution >= 4 is 0 Å². The first-order valence-corrected chi connectivity index (χ1v) is 4.76. The predicted octanol–water partition coefficient (Wildman–Crippen LogP) is 2.05. The summed E-state index contributed by atoms with van der Waals surface area (Å²) in [7, 11) is 0. The van der Waals surface area contributed by atoms with E-state index in [9.17, 15) is 5.11 Å². The largest absolute Gasteiger partial charge is 0.393 e. The van der Waals surface area contributed by atoms with Crippen molar-refractivity contribution in [2.45, 2.75) is 39.7 Å². The maximum atomic E-state index is 9.61. The molecule has 11 heavy (non-hydrogen) atoms. The lowest BCUT2D eigenvalue weighted by atomic mass is 9.89. The van der Waals surface area contributed by atoms with Crippen LogP contribution in [-0.4, -0.2) is 11.2 Å². The average Bonchev–Trinajstić information content (AvgIpc) is 2.57. The summed E-state index contributed by atoms with van der Waals surface area (Å²) < 4.78 is 0. The van der Waals surface area contributed by atoms with Crippen LogP contribution in [0.2, 0.25) is 0 Å². The highest BCUT2D eigenvalue weighted by molar-refractivity contribution is 5.13. The number of fused-ring (bicyclic) bond motifs is 1. The molecule has 0 heterocycles. The van der Waals surface area contributed by atoms with Gasteiger partial charge in [-0.15, -0.1) is 0 Å². The topological polar surface area (TPSA) is 20.2 Å². The van der Waals surface area contributed by atoms with Gasteiger partial charge in [-0.25, -0.2) is 0 Å². The molecule has 1 heteroatoms. The molecular weight excluding hydrogens is 136 g/mol. The minimum Gasteiger partial charge on any atom is -0.393 e. The van der Waals surface area contributed by atoms with Crippen molar-refractivity contribution in [2.75, 3.05) is 0 Å². The van der Waals surface area contributed by atoms with Crippen molar-refractivity contribution in [1.29, 1.82) is 0 Å². The zero-order valence-corrected chi connectivity index (χ0v) is 7.67. The third-order valence-corrected chi connectivity index (χ3v) is 4.16. The summed E-state index contributed by atoms with van der Waals surface area (Å²) in [5, 5.41) is 9.61.